The number of esters is 1. The van der Waals surface area contributed by atoms with Gasteiger partial charge in [0.15, 0.2) is 5.43 Å². The molecule has 3 aromatic rings. The normalized spacial score (nSPS) is 11.8. The van der Waals surface area contributed by atoms with Gasteiger partial charge in [-0.2, -0.15) is 0 Å². The van der Waals surface area contributed by atoms with Crippen LogP contribution in [0.4, 0.5) is 0 Å². The van der Waals surface area contributed by atoms with Crippen molar-refractivity contribution >= 4 is 37.5 Å². The maximum atomic E-state index is 12.6. The first kappa shape index (κ1) is 14.7. The van der Waals surface area contributed by atoms with E-state index in [0.29, 0.717) is 21.0 Å². The van der Waals surface area contributed by atoms with E-state index < -0.39 is 11.6 Å². The van der Waals surface area contributed by atoms with Crippen molar-refractivity contribution in [2.24, 2.45) is 0 Å². The monoisotopic (exact) mass is 312 g/mol. The molecule has 0 radical (unpaired) electrons. The second kappa shape index (κ2) is 5.21. The van der Waals surface area contributed by atoms with Gasteiger partial charge in [-0.15, -0.1) is 11.3 Å². The molecule has 0 N–H and O–H groups in total. The first-order valence-electron chi connectivity index (χ1n) is 7.05. The quantitative estimate of drug-likeness (QED) is 0.495. The highest BCUT2D eigenvalue weighted by Crippen LogP contribution is 2.28. The van der Waals surface area contributed by atoms with Gasteiger partial charge in [0.25, 0.3) is 0 Å². The van der Waals surface area contributed by atoms with E-state index in [2.05, 4.69) is 0 Å². The summed E-state index contributed by atoms with van der Waals surface area (Å²) in [6, 6.07) is 12.6. The zero-order chi connectivity index (χ0) is 15.9. The van der Waals surface area contributed by atoms with E-state index in [-0.39, 0.29) is 5.43 Å². The lowest BCUT2D eigenvalue weighted by atomic mass is 10.1. The first-order valence-corrected chi connectivity index (χ1v) is 7.86. The molecule has 1 heterocycles. The van der Waals surface area contributed by atoms with Crippen molar-refractivity contribution < 1.29 is 9.53 Å². The fourth-order valence-electron chi connectivity index (χ4n) is 2.32. The molecule has 0 unspecified atom stereocenters. The maximum Gasteiger partial charge on any atom is 0.340 e. The zero-order valence-corrected chi connectivity index (χ0v) is 13.5. The van der Waals surface area contributed by atoms with Gasteiger partial charge in [-0.1, -0.05) is 18.2 Å². The number of rotatable bonds is 1. The Morgan fingerprint density at radius 1 is 1.00 bits per heavy atom. The lowest BCUT2D eigenvalue weighted by molar-refractivity contribution is 0.00721. The van der Waals surface area contributed by atoms with Crippen LogP contribution in [0.15, 0.2) is 47.3 Å². The summed E-state index contributed by atoms with van der Waals surface area (Å²) in [6.45, 7) is 5.48. The first-order chi connectivity index (χ1) is 10.4. The second-order valence-electron chi connectivity index (χ2n) is 6.11. The summed E-state index contributed by atoms with van der Waals surface area (Å²) >= 11 is 1.45. The molecule has 1 aromatic heterocycles. The molecule has 2 aromatic carbocycles. The Hall–Kier alpha value is -2.20. The van der Waals surface area contributed by atoms with Crippen molar-refractivity contribution in [2.45, 2.75) is 26.4 Å². The Morgan fingerprint density at radius 2 is 1.68 bits per heavy atom. The number of hydrogen-bond donors (Lipinski definition) is 0. The average Bonchev–Trinajstić information content (AvgIpc) is 2.45. The van der Waals surface area contributed by atoms with Gasteiger partial charge in [0, 0.05) is 15.5 Å². The molecule has 0 saturated heterocycles. The van der Waals surface area contributed by atoms with Crippen LogP contribution in [0.3, 0.4) is 0 Å². The Balaban J connectivity index is 2.29. The van der Waals surface area contributed by atoms with Crippen molar-refractivity contribution in [3.8, 4) is 0 Å². The lowest BCUT2D eigenvalue weighted by Crippen LogP contribution is -2.24. The molecule has 0 spiro atoms. The van der Waals surface area contributed by atoms with E-state index in [9.17, 15) is 9.59 Å². The Kier molecular flexibility index (Phi) is 3.49. The second-order valence-corrected chi connectivity index (χ2v) is 7.16. The van der Waals surface area contributed by atoms with Gasteiger partial charge >= 0.3 is 5.97 Å². The van der Waals surface area contributed by atoms with E-state index >= 15 is 0 Å². The van der Waals surface area contributed by atoms with Gasteiger partial charge in [-0.05, 0) is 45.0 Å². The van der Waals surface area contributed by atoms with Gasteiger partial charge in [-0.25, -0.2) is 4.79 Å². The summed E-state index contributed by atoms with van der Waals surface area (Å²) in [5, 5.41) is 1.24. The van der Waals surface area contributed by atoms with Crippen molar-refractivity contribution in [3.05, 3.63) is 58.3 Å². The van der Waals surface area contributed by atoms with Crippen molar-refractivity contribution in [2.75, 3.05) is 0 Å². The third-order valence-corrected chi connectivity index (χ3v) is 4.44. The topological polar surface area (TPSA) is 43.4 Å². The molecule has 0 fully saturated rings. The Labute approximate surface area is 132 Å². The number of carbonyl (C=O) groups excluding carboxylic acids is 1. The highest BCUT2D eigenvalue weighted by molar-refractivity contribution is 7.24. The fraction of sp³-hybridized carbons (Fsp3) is 0.222. The summed E-state index contributed by atoms with van der Waals surface area (Å²) in [7, 11) is 0. The summed E-state index contributed by atoms with van der Waals surface area (Å²) in [6.07, 6.45) is 0. The number of fused-ring (bicyclic) bond motifs is 2. The van der Waals surface area contributed by atoms with Gasteiger partial charge in [0.1, 0.15) is 5.60 Å². The van der Waals surface area contributed by atoms with Crippen LogP contribution in [0.2, 0.25) is 0 Å². The van der Waals surface area contributed by atoms with Crippen LogP contribution in [0.5, 0.6) is 0 Å². The molecule has 0 saturated carbocycles. The molecule has 0 aliphatic carbocycles. The van der Waals surface area contributed by atoms with Crippen molar-refractivity contribution in [1.29, 1.82) is 0 Å². The highest BCUT2D eigenvalue weighted by Gasteiger charge is 2.21. The lowest BCUT2D eigenvalue weighted by Gasteiger charge is -2.19. The zero-order valence-electron chi connectivity index (χ0n) is 12.7. The van der Waals surface area contributed by atoms with E-state index in [1.54, 1.807) is 18.2 Å². The molecule has 3 rings (SSSR count). The van der Waals surface area contributed by atoms with E-state index in [4.69, 9.17) is 4.74 Å². The number of benzene rings is 2. The maximum absolute atomic E-state index is 12.6. The van der Waals surface area contributed by atoms with E-state index in [1.807, 2.05) is 45.0 Å². The molecular formula is C18H16O3S. The van der Waals surface area contributed by atoms with Gasteiger partial charge in [0.2, 0.25) is 0 Å². The molecule has 22 heavy (non-hydrogen) atoms. The fourth-order valence-corrected chi connectivity index (χ4v) is 3.49. The average molecular weight is 312 g/mol. The SMILES string of the molecule is CC(C)(C)OC(=O)c1cccc2c(=O)c3ccccc3sc12. The van der Waals surface area contributed by atoms with E-state index in [1.165, 1.54) is 11.3 Å². The summed E-state index contributed by atoms with van der Waals surface area (Å²) in [4.78, 5) is 25.0. The minimum atomic E-state index is -0.568. The molecule has 0 amide bonds. The van der Waals surface area contributed by atoms with Crippen LogP contribution in [0.1, 0.15) is 31.1 Å². The minimum absolute atomic E-state index is 0.0465. The summed E-state index contributed by atoms with van der Waals surface area (Å²) in [5.41, 5.74) is -0.170. The number of hydrogen-bond acceptors (Lipinski definition) is 4. The summed E-state index contributed by atoms with van der Waals surface area (Å²) < 4.78 is 7.00. The van der Waals surface area contributed by atoms with Crippen LogP contribution in [-0.4, -0.2) is 11.6 Å². The highest BCUT2D eigenvalue weighted by atomic mass is 32.1. The molecule has 0 bridgehead atoms. The predicted molar refractivity (Wildman–Crippen MR) is 90.8 cm³/mol. The smallest absolute Gasteiger partial charge is 0.340 e. The molecule has 0 aliphatic heterocycles. The molecule has 0 aliphatic rings. The van der Waals surface area contributed by atoms with Gasteiger partial charge in [-0.3, -0.25) is 4.79 Å². The minimum Gasteiger partial charge on any atom is -0.456 e. The van der Waals surface area contributed by atoms with Crippen molar-refractivity contribution in [1.82, 2.24) is 0 Å². The van der Waals surface area contributed by atoms with Crippen LogP contribution in [0, 0.1) is 0 Å². The van der Waals surface area contributed by atoms with Crippen LogP contribution < -0.4 is 5.43 Å². The molecule has 3 nitrogen and oxygen atoms in total. The third kappa shape index (κ3) is 2.62. The Bertz CT molecular complexity index is 932. The molecular weight excluding hydrogens is 296 g/mol. The standard InChI is InChI=1S/C18H16O3S/c1-18(2,3)21-17(20)13-9-6-8-12-15(19)11-7-4-5-10-14(11)22-16(12)13/h4-10H,1-3H3. The van der Waals surface area contributed by atoms with Crippen LogP contribution in [-0.2, 0) is 4.74 Å². The molecule has 0 atom stereocenters. The predicted octanol–water partition coefficient (Wildman–Crippen LogP) is 4.37. The third-order valence-electron chi connectivity index (χ3n) is 3.22. The van der Waals surface area contributed by atoms with Crippen molar-refractivity contribution in [3.63, 3.8) is 0 Å². The molecule has 4 heteroatoms. The Morgan fingerprint density at radius 3 is 2.41 bits per heavy atom. The number of ether oxygens (including phenoxy) is 1. The van der Waals surface area contributed by atoms with Gasteiger partial charge < -0.3 is 4.74 Å². The molecule has 112 valence electrons. The number of carbonyl (C=O) groups is 1. The van der Waals surface area contributed by atoms with Crippen LogP contribution >= 0.6 is 11.3 Å². The van der Waals surface area contributed by atoms with Gasteiger partial charge in [0.05, 0.1) is 10.3 Å². The summed E-state index contributed by atoms with van der Waals surface area (Å²) in [5.74, 6) is -0.399. The largest absolute Gasteiger partial charge is 0.456 e. The van der Waals surface area contributed by atoms with E-state index in [0.717, 1.165) is 4.70 Å². The van der Waals surface area contributed by atoms with Crippen LogP contribution in [0.25, 0.3) is 20.2 Å².